The SMILES string of the molecule is CCN(CC)C(=O)CN1C(=O)N(CCCCCC(=O)NCc2ccc3c(c2)OCO3)C(=O)C2SC=CC21. The maximum Gasteiger partial charge on any atom is 0.327 e. The molecule has 10 nitrogen and oxygen atoms in total. The van der Waals surface area contributed by atoms with Crippen LogP contribution in [-0.4, -0.2) is 82.7 Å². The molecule has 1 aromatic rings. The molecule has 1 fully saturated rings. The van der Waals surface area contributed by atoms with Crippen LogP contribution in [0.2, 0.25) is 0 Å². The number of nitrogens with one attached hydrogen (secondary N) is 1. The molecule has 2 unspecified atom stereocenters. The fraction of sp³-hybridized carbons (Fsp3) is 0.538. The van der Waals surface area contributed by atoms with Crippen LogP contribution in [0, 0.1) is 0 Å². The average Bonchev–Trinajstić information content (AvgIpc) is 3.57. The topological polar surface area (TPSA) is 108 Å². The van der Waals surface area contributed by atoms with Gasteiger partial charge >= 0.3 is 6.03 Å². The number of urea groups is 1. The number of imide groups is 1. The Balaban J connectivity index is 1.21. The van der Waals surface area contributed by atoms with Crippen LogP contribution in [0.1, 0.15) is 45.1 Å². The minimum atomic E-state index is -0.416. The van der Waals surface area contributed by atoms with E-state index in [9.17, 15) is 19.2 Å². The van der Waals surface area contributed by atoms with E-state index in [1.807, 2.05) is 43.5 Å². The third kappa shape index (κ3) is 6.20. The molecule has 3 aliphatic heterocycles. The molecule has 5 amide bonds. The number of amides is 5. The fourth-order valence-corrected chi connectivity index (χ4v) is 5.73. The summed E-state index contributed by atoms with van der Waals surface area (Å²) in [5.41, 5.74) is 0.932. The molecule has 0 bridgehead atoms. The third-order valence-electron chi connectivity index (χ3n) is 6.79. The van der Waals surface area contributed by atoms with Gasteiger partial charge in [0.05, 0.1) is 6.04 Å². The van der Waals surface area contributed by atoms with Gasteiger partial charge in [-0.25, -0.2) is 4.79 Å². The summed E-state index contributed by atoms with van der Waals surface area (Å²) in [4.78, 5) is 55.6. The van der Waals surface area contributed by atoms with Gasteiger partial charge in [0, 0.05) is 32.6 Å². The fourth-order valence-electron chi connectivity index (χ4n) is 4.67. The smallest absolute Gasteiger partial charge is 0.327 e. The van der Waals surface area contributed by atoms with E-state index in [1.54, 1.807) is 4.90 Å². The van der Waals surface area contributed by atoms with E-state index in [-0.39, 0.29) is 37.6 Å². The van der Waals surface area contributed by atoms with Gasteiger partial charge in [0.1, 0.15) is 11.8 Å². The normalized spacial score (nSPS) is 19.8. The van der Waals surface area contributed by atoms with E-state index in [1.165, 1.54) is 21.6 Å². The molecule has 1 aromatic carbocycles. The molecule has 0 aliphatic carbocycles. The number of nitrogens with zero attached hydrogens (tertiary/aromatic N) is 3. The second-order valence-electron chi connectivity index (χ2n) is 9.12. The number of thioether (sulfide) groups is 1. The second-order valence-corrected chi connectivity index (χ2v) is 10.2. The Morgan fingerprint density at radius 3 is 2.68 bits per heavy atom. The number of hydrogen-bond acceptors (Lipinski definition) is 7. The number of rotatable bonds is 12. The molecule has 3 heterocycles. The predicted molar refractivity (Wildman–Crippen MR) is 139 cm³/mol. The molecular weight excluding hydrogens is 496 g/mol. The zero-order valence-corrected chi connectivity index (χ0v) is 22.1. The number of unbranched alkanes of at least 4 members (excludes halogenated alkanes) is 2. The highest BCUT2D eigenvalue weighted by Gasteiger charge is 2.47. The maximum atomic E-state index is 13.2. The van der Waals surface area contributed by atoms with Crippen molar-refractivity contribution >= 4 is 35.5 Å². The van der Waals surface area contributed by atoms with Gasteiger partial charge < -0.3 is 24.6 Å². The van der Waals surface area contributed by atoms with Crippen LogP contribution in [0.15, 0.2) is 29.7 Å². The van der Waals surface area contributed by atoms with E-state index >= 15 is 0 Å². The molecule has 11 heteroatoms. The average molecular weight is 531 g/mol. The van der Waals surface area contributed by atoms with Crippen LogP contribution in [0.5, 0.6) is 11.5 Å². The number of fused-ring (bicyclic) bond motifs is 2. The molecule has 200 valence electrons. The van der Waals surface area contributed by atoms with E-state index < -0.39 is 17.3 Å². The summed E-state index contributed by atoms with van der Waals surface area (Å²) in [6.07, 6.45) is 4.14. The minimum absolute atomic E-state index is 0.0418. The van der Waals surface area contributed by atoms with Crippen LogP contribution in [0.3, 0.4) is 0 Å². The predicted octanol–water partition coefficient (Wildman–Crippen LogP) is 2.72. The second kappa shape index (κ2) is 12.4. The monoisotopic (exact) mass is 530 g/mol. The largest absolute Gasteiger partial charge is 0.454 e. The highest BCUT2D eigenvalue weighted by molar-refractivity contribution is 8.03. The van der Waals surface area contributed by atoms with Crippen molar-refractivity contribution in [3.05, 3.63) is 35.2 Å². The number of carbonyl (C=O) groups is 4. The first-order valence-electron chi connectivity index (χ1n) is 12.8. The lowest BCUT2D eigenvalue weighted by molar-refractivity contribution is -0.136. The van der Waals surface area contributed by atoms with Gasteiger partial charge in [0.25, 0.3) is 0 Å². The van der Waals surface area contributed by atoms with Crippen molar-refractivity contribution in [3.63, 3.8) is 0 Å². The van der Waals surface area contributed by atoms with Crippen LogP contribution in [0.25, 0.3) is 0 Å². The van der Waals surface area contributed by atoms with Crippen molar-refractivity contribution in [1.82, 2.24) is 20.0 Å². The Labute approximate surface area is 221 Å². The van der Waals surface area contributed by atoms with Crippen LogP contribution in [-0.2, 0) is 20.9 Å². The van der Waals surface area contributed by atoms with E-state index in [0.717, 1.165) is 5.56 Å². The van der Waals surface area contributed by atoms with Crippen molar-refractivity contribution < 1.29 is 28.7 Å². The van der Waals surface area contributed by atoms with Crippen molar-refractivity contribution in [3.8, 4) is 11.5 Å². The zero-order valence-electron chi connectivity index (χ0n) is 21.3. The standard InChI is InChI=1S/C26H34N4O6S/c1-3-28(4-2)23(32)16-30-19-11-13-37-24(19)25(33)29(26(30)34)12-7-5-6-8-22(31)27-15-18-9-10-20-21(14-18)36-17-35-20/h9-11,13-14,19,24H,3-8,12,15-17H2,1-2H3,(H,27,31). The molecule has 0 aromatic heterocycles. The molecule has 3 aliphatic rings. The summed E-state index contributed by atoms with van der Waals surface area (Å²) < 4.78 is 10.7. The highest BCUT2D eigenvalue weighted by atomic mass is 32.2. The van der Waals surface area contributed by atoms with Gasteiger partial charge in [0.15, 0.2) is 11.5 Å². The van der Waals surface area contributed by atoms with Crippen molar-refractivity contribution in [2.45, 2.75) is 57.4 Å². The molecule has 1 saturated heterocycles. The number of carbonyl (C=O) groups excluding carboxylic acids is 4. The van der Waals surface area contributed by atoms with Crippen LogP contribution in [0.4, 0.5) is 4.79 Å². The summed E-state index contributed by atoms with van der Waals surface area (Å²) in [5.74, 6) is 1.00. The van der Waals surface area contributed by atoms with E-state index in [2.05, 4.69) is 5.32 Å². The molecular formula is C26H34N4O6S. The van der Waals surface area contributed by atoms with Gasteiger partial charge in [-0.2, -0.15) is 0 Å². The van der Waals surface area contributed by atoms with Gasteiger partial charge in [-0.3, -0.25) is 19.3 Å². The molecule has 2 atom stereocenters. The first kappa shape index (κ1) is 26.8. The number of hydrogen-bond donors (Lipinski definition) is 1. The lowest BCUT2D eigenvalue weighted by atomic mass is 10.1. The Bertz CT molecular complexity index is 1060. The van der Waals surface area contributed by atoms with Crippen molar-refractivity contribution in [1.29, 1.82) is 0 Å². The minimum Gasteiger partial charge on any atom is -0.454 e. The molecule has 0 radical (unpaired) electrons. The first-order chi connectivity index (χ1) is 17.9. The highest BCUT2D eigenvalue weighted by Crippen LogP contribution is 2.35. The Morgan fingerprint density at radius 1 is 1.11 bits per heavy atom. The lowest BCUT2D eigenvalue weighted by Crippen LogP contribution is -2.63. The number of likely N-dealkylation sites (N-methyl/N-ethyl adjacent to an activating group) is 1. The summed E-state index contributed by atoms with van der Waals surface area (Å²) in [5, 5.41) is 4.33. The van der Waals surface area contributed by atoms with Gasteiger partial charge in [-0.05, 0) is 49.8 Å². The number of ether oxygens (including phenoxy) is 2. The van der Waals surface area contributed by atoms with Gasteiger partial charge in [-0.15, -0.1) is 11.8 Å². The molecule has 4 rings (SSSR count). The Morgan fingerprint density at radius 2 is 1.89 bits per heavy atom. The van der Waals surface area contributed by atoms with Crippen LogP contribution < -0.4 is 14.8 Å². The zero-order chi connectivity index (χ0) is 26.4. The molecule has 0 saturated carbocycles. The van der Waals surface area contributed by atoms with Gasteiger partial charge in [0.2, 0.25) is 24.5 Å². The maximum absolute atomic E-state index is 13.2. The third-order valence-corrected chi connectivity index (χ3v) is 7.88. The quantitative estimate of drug-likeness (QED) is 0.414. The lowest BCUT2D eigenvalue weighted by Gasteiger charge is -2.41. The van der Waals surface area contributed by atoms with E-state index in [0.29, 0.717) is 56.8 Å². The summed E-state index contributed by atoms with van der Waals surface area (Å²) >= 11 is 1.39. The number of benzene rings is 1. The molecule has 1 N–H and O–H groups in total. The summed E-state index contributed by atoms with van der Waals surface area (Å²) in [6, 6.07) is 4.77. The van der Waals surface area contributed by atoms with Gasteiger partial charge in [-0.1, -0.05) is 18.6 Å². The Kier molecular flexibility index (Phi) is 8.96. The molecule has 0 spiro atoms. The molecule has 37 heavy (non-hydrogen) atoms. The first-order valence-corrected chi connectivity index (χ1v) is 13.7. The van der Waals surface area contributed by atoms with Crippen LogP contribution >= 0.6 is 11.8 Å². The summed E-state index contributed by atoms with van der Waals surface area (Å²) in [7, 11) is 0. The Hall–Kier alpha value is -3.21. The van der Waals surface area contributed by atoms with Crippen molar-refractivity contribution in [2.24, 2.45) is 0 Å². The van der Waals surface area contributed by atoms with E-state index in [4.69, 9.17) is 9.47 Å². The van der Waals surface area contributed by atoms with Crippen molar-refractivity contribution in [2.75, 3.05) is 33.0 Å². The summed E-state index contributed by atoms with van der Waals surface area (Å²) in [6.45, 7) is 5.80.